The third kappa shape index (κ3) is 3.38. The Morgan fingerprint density at radius 1 is 1.44 bits per heavy atom. The van der Waals surface area contributed by atoms with Crippen molar-refractivity contribution in [1.29, 1.82) is 5.26 Å². The van der Waals surface area contributed by atoms with Crippen LogP contribution in [0.25, 0.3) is 0 Å². The first-order valence-corrected chi connectivity index (χ1v) is 6.31. The second-order valence-corrected chi connectivity index (χ2v) is 5.04. The van der Waals surface area contributed by atoms with Crippen molar-refractivity contribution >= 4 is 17.6 Å². The minimum absolute atomic E-state index is 0.287. The third-order valence-corrected chi connectivity index (χ3v) is 3.32. The van der Waals surface area contributed by atoms with Crippen molar-refractivity contribution in [3.05, 3.63) is 17.1 Å². The first-order chi connectivity index (χ1) is 7.54. The molecule has 0 aliphatic rings. The summed E-state index contributed by atoms with van der Waals surface area (Å²) in [7, 11) is 0. The Hall–Kier alpha value is -1.28. The number of hydrogen-bond acceptors (Lipinski definition) is 5. The first-order valence-electron chi connectivity index (χ1n) is 5.15. The molecule has 1 rings (SSSR count). The normalized spacial score (nSPS) is 10.4. The molecule has 0 spiro atoms. The van der Waals surface area contributed by atoms with Crippen molar-refractivity contribution in [2.45, 2.75) is 26.5 Å². The summed E-state index contributed by atoms with van der Waals surface area (Å²) >= 11 is 1.78. The smallest absolute Gasteiger partial charge is 0.145 e. The van der Waals surface area contributed by atoms with E-state index in [1.54, 1.807) is 18.7 Å². The van der Waals surface area contributed by atoms with Crippen molar-refractivity contribution < 1.29 is 0 Å². The van der Waals surface area contributed by atoms with Gasteiger partial charge in [-0.05, 0) is 18.6 Å². The molecule has 0 aliphatic heterocycles. The van der Waals surface area contributed by atoms with Gasteiger partial charge in [0.15, 0.2) is 0 Å². The van der Waals surface area contributed by atoms with Crippen molar-refractivity contribution in [3.63, 3.8) is 0 Å². The van der Waals surface area contributed by atoms with Crippen LogP contribution in [-0.4, -0.2) is 15.7 Å². The third-order valence-electron chi connectivity index (χ3n) is 1.96. The van der Waals surface area contributed by atoms with E-state index in [0.717, 1.165) is 11.5 Å². The highest BCUT2D eigenvalue weighted by Gasteiger charge is 2.08. The lowest BCUT2D eigenvalue weighted by atomic mass is 10.2. The molecule has 0 saturated heterocycles. The zero-order chi connectivity index (χ0) is 12.1. The number of hydrogen-bond donors (Lipinski definition) is 1. The molecule has 0 bridgehead atoms. The maximum Gasteiger partial charge on any atom is 0.145 e. The second-order valence-electron chi connectivity index (χ2n) is 4.01. The number of nitriles is 1. The molecule has 16 heavy (non-hydrogen) atoms. The SMILES string of the molecule is Cc1nc(CSCC(C)C)nc(N)c1C#N. The average Bonchev–Trinajstić information content (AvgIpc) is 2.16. The van der Waals surface area contributed by atoms with E-state index in [0.29, 0.717) is 23.0 Å². The number of thioether (sulfide) groups is 1. The van der Waals surface area contributed by atoms with Gasteiger partial charge >= 0.3 is 0 Å². The van der Waals surface area contributed by atoms with Crippen LogP contribution in [0.15, 0.2) is 0 Å². The summed E-state index contributed by atoms with van der Waals surface area (Å²) in [5.41, 5.74) is 6.73. The van der Waals surface area contributed by atoms with E-state index in [1.165, 1.54) is 0 Å². The molecule has 2 N–H and O–H groups in total. The quantitative estimate of drug-likeness (QED) is 0.866. The number of anilines is 1. The minimum atomic E-state index is 0.287. The molecule has 86 valence electrons. The molecule has 0 fully saturated rings. The van der Waals surface area contributed by atoms with Crippen molar-refractivity contribution in [2.24, 2.45) is 5.92 Å². The van der Waals surface area contributed by atoms with Gasteiger partial charge in [0, 0.05) is 0 Å². The van der Waals surface area contributed by atoms with Crippen LogP contribution in [0.5, 0.6) is 0 Å². The van der Waals surface area contributed by atoms with E-state index in [4.69, 9.17) is 11.0 Å². The van der Waals surface area contributed by atoms with Gasteiger partial charge in [-0.15, -0.1) is 0 Å². The van der Waals surface area contributed by atoms with Crippen LogP contribution < -0.4 is 5.73 Å². The van der Waals surface area contributed by atoms with Gasteiger partial charge in [-0.2, -0.15) is 17.0 Å². The van der Waals surface area contributed by atoms with Gasteiger partial charge in [-0.3, -0.25) is 0 Å². The average molecular weight is 236 g/mol. The van der Waals surface area contributed by atoms with Crippen LogP contribution in [-0.2, 0) is 5.75 Å². The van der Waals surface area contributed by atoms with Gasteiger partial charge in [-0.25, -0.2) is 9.97 Å². The molecule has 1 aromatic heterocycles. The van der Waals surface area contributed by atoms with Crippen molar-refractivity contribution in [2.75, 3.05) is 11.5 Å². The van der Waals surface area contributed by atoms with Crippen LogP contribution in [0.1, 0.15) is 30.9 Å². The van der Waals surface area contributed by atoms with E-state index in [9.17, 15) is 0 Å². The Bertz CT molecular complexity index is 386. The molecule has 0 unspecified atom stereocenters. The number of rotatable bonds is 4. The summed E-state index contributed by atoms with van der Waals surface area (Å²) in [5.74, 6) is 3.47. The monoisotopic (exact) mass is 236 g/mol. The maximum absolute atomic E-state index is 8.82. The number of nitrogens with zero attached hydrogens (tertiary/aromatic N) is 3. The van der Waals surface area contributed by atoms with Crippen LogP contribution in [0, 0.1) is 24.2 Å². The van der Waals surface area contributed by atoms with Crippen molar-refractivity contribution in [3.8, 4) is 6.07 Å². The zero-order valence-electron chi connectivity index (χ0n) is 9.82. The molecular formula is C11H16N4S. The van der Waals surface area contributed by atoms with E-state index < -0.39 is 0 Å². The fourth-order valence-corrected chi connectivity index (χ4v) is 2.14. The number of aryl methyl sites for hydroxylation is 1. The second kappa shape index (κ2) is 5.71. The minimum Gasteiger partial charge on any atom is -0.382 e. The lowest BCUT2D eigenvalue weighted by Crippen LogP contribution is -2.05. The molecule has 0 amide bonds. The number of nitrogen functional groups attached to an aromatic ring is 1. The Morgan fingerprint density at radius 3 is 2.62 bits per heavy atom. The van der Waals surface area contributed by atoms with Crippen LogP contribution in [0.2, 0.25) is 0 Å². The standard InChI is InChI=1S/C11H16N4S/c1-7(2)5-16-6-10-14-8(3)9(4-12)11(13)15-10/h7H,5-6H2,1-3H3,(H2,13,14,15). The fourth-order valence-electron chi connectivity index (χ4n) is 1.24. The van der Waals surface area contributed by atoms with Crippen LogP contribution in [0.4, 0.5) is 5.82 Å². The van der Waals surface area contributed by atoms with Crippen molar-refractivity contribution in [1.82, 2.24) is 9.97 Å². The van der Waals surface area contributed by atoms with Crippen LogP contribution in [0.3, 0.4) is 0 Å². The number of aromatic nitrogens is 2. The summed E-state index contributed by atoms with van der Waals surface area (Å²) in [4.78, 5) is 8.39. The molecule has 0 radical (unpaired) electrons. The molecule has 1 aromatic rings. The Labute approximate surface area is 100 Å². The van der Waals surface area contributed by atoms with Gasteiger partial charge in [-0.1, -0.05) is 13.8 Å². The Kier molecular flexibility index (Phi) is 4.56. The van der Waals surface area contributed by atoms with Crippen LogP contribution >= 0.6 is 11.8 Å². The lowest BCUT2D eigenvalue weighted by molar-refractivity contribution is 0.749. The molecule has 0 saturated carbocycles. The predicted octanol–water partition coefficient (Wildman–Crippen LogP) is 2.13. The predicted molar refractivity (Wildman–Crippen MR) is 66.9 cm³/mol. The van der Waals surface area contributed by atoms with Gasteiger partial charge in [0.1, 0.15) is 23.3 Å². The molecule has 5 heteroatoms. The zero-order valence-corrected chi connectivity index (χ0v) is 10.6. The highest BCUT2D eigenvalue weighted by molar-refractivity contribution is 7.98. The highest BCUT2D eigenvalue weighted by Crippen LogP contribution is 2.16. The topological polar surface area (TPSA) is 75.6 Å². The molecule has 0 aromatic carbocycles. The number of nitrogens with two attached hydrogens (primary N) is 1. The van der Waals surface area contributed by atoms with Gasteiger partial charge in [0.2, 0.25) is 0 Å². The molecular weight excluding hydrogens is 220 g/mol. The summed E-state index contributed by atoms with van der Waals surface area (Å²) in [6, 6.07) is 2.01. The fraction of sp³-hybridized carbons (Fsp3) is 0.545. The van der Waals surface area contributed by atoms with E-state index in [1.807, 2.05) is 6.07 Å². The lowest BCUT2D eigenvalue weighted by Gasteiger charge is -2.06. The van der Waals surface area contributed by atoms with Gasteiger partial charge < -0.3 is 5.73 Å². The van der Waals surface area contributed by atoms with Gasteiger partial charge in [0.05, 0.1) is 11.4 Å². The maximum atomic E-state index is 8.82. The summed E-state index contributed by atoms with van der Waals surface area (Å²) in [5, 5.41) is 8.82. The van der Waals surface area contributed by atoms with E-state index in [-0.39, 0.29) is 5.82 Å². The highest BCUT2D eigenvalue weighted by atomic mass is 32.2. The Balaban J connectivity index is 2.73. The summed E-state index contributed by atoms with van der Waals surface area (Å²) in [6.07, 6.45) is 0. The van der Waals surface area contributed by atoms with Gasteiger partial charge in [0.25, 0.3) is 0 Å². The van der Waals surface area contributed by atoms with E-state index in [2.05, 4.69) is 23.8 Å². The molecule has 1 heterocycles. The molecule has 4 nitrogen and oxygen atoms in total. The summed E-state index contributed by atoms with van der Waals surface area (Å²) < 4.78 is 0. The molecule has 0 aliphatic carbocycles. The first kappa shape index (κ1) is 12.8. The molecule has 0 atom stereocenters. The van der Waals surface area contributed by atoms with E-state index >= 15 is 0 Å². The largest absolute Gasteiger partial charge is 0.382 e. The summed E-state index contributed by atoms with van der Waals surface area (Å²) in [6.45, 7) is 6.13. The Morgan fingerprint density at radius 2 is 2.12 bits per heavy atom.